The van der Waals surface area contributed by atoms with Crippen molar-refractivity contribution in [3.05, 3.63) is 120 Å². The van der Waals surface area contributed by atoms with Gasteiger partial charge in [0.05, 0.1) is 23.8 Å². The maximum Gasteiger partial charge on any atom is 0.303 e. The fourth-order valence-electron chi connectivity index (χ4n) is 2.91. The number of carbonyl (C=O) groups excluding carboxylic acids is 2. The average Bonchev–Trinajstić information content (AvgIpc) is 3.05. The molecule has 4 aromatic rings. The number of hydrazone groups is 2. The smallest absolute Gasteiger partial charge is 0.303 e. The molecule has 0 aliphatic rings. The van der Waals surface area contributed by atoms with Crippen molar-refractivity contribution in [2.75, 3.05) is 0 Å². The zero-order valence-corrected chi connectivity index (χ0v) is 24.4. The minimum atomic E-state index is -0.870. The number of nitrogens with zero attached hydrogens (tertiary/aromatic N) is 6. The van der Waals surface area contributed by atoms with Crippen LogP contribution < -0.4 is 10.9 Å². The Labute approximate surface area is 263 Å². The zero-order chi connectivity index (χ0) is 31.8. The lowest BCUT2D eigenvalue weighted by Gasteiger charge is -1.97. The largest absolute Gasteiger partial charge is 0.481 e. The van der Waals surface area contributed by atoms with Crippen LogP contribution in [0.1, 0.15) is 57.8 Å². The van der Waals surface area contributed by atoms with Gasteiger partial charge in [-0.15, -0.1) is 0 Å². The molecule has 0 atom stereocenters. The molecule has 16 heteroatoms. The molecule has 46 heavy (non-hydrogen) atoms. The molecule has 0 bridgehead atoms. The molecule has 2 amide bonds. The van der Waals surface area contributed by atoms with Crippen molar-refractivity contribution in [3.63, 3.8) is 0 Å². The lowest BCUT2D eigenvalue weighted by molar-refractivity contribution is -0.139. The Hall–Kier alpha value is -6.26. The van der Waals surface area contributed by atoms with E-state index in [1.54, 1.807) is 73.6 Å². The number of carboxylic acid groups (broad SMARTS) is 2. The first-order valence-corrected chi connectivity index (χ1v) is 13.1. The van der Waals surface area contributed by atoms with Gasteiger partial charge in [-0.25, -0.2) is 10.9 Å². The number of nitrogens with one attached hydrogen (secondary N) is 2. The van der Waals surface area contributed by atoms with Crippen molar-refractivity contribution in [1.82, 2.24) is 30.8 Å². The van der Waals surface area contributed by atoms with Gasteiger partial charge in [-0.1, -0.05) is 12.1 Å². The summed E-state index contributed by atoms with van der Waals surface area (Å²) < 4.78 is 0. The van der Waals surface area contributed by atoms with Crippen molar-refractivity contribution < 1.29 is 40.3 Å². The van der Waals surface area contributed by atoms with E-state index in [-0.39, 0.29) is 35.6 Å². The van der Waals surface area contributed by atoms with Gasteiger partial charge >= 0.3 is 11.9 Å². The highest BCUT2D eigenvalue weighted by Crippen LogP contribution is 1.99. The highest BCUT2D eigenvalue weighted by Gasteiger charge is 2.03. The van der Waals surface area contributed by atoms with Crippen LogP contribution in [0.5, 0.6) is 0 Å². The van der Waals surface area contributed by atoms with Gasteiger partial charge in [0.1, 0.15) is 0 Å². The number of unbranched alkanes of at least 4 members (excludes halogenated alkanes) is 1. The van der Waals surface area contributed by atoms with E-state index in [1.807, 2.05) is 24.3 Å². The van der Waals surface area contributed by atoms with Crippen LogP contribution in [0.15, 0.2) is 108 Å². The van der Waals surface area contributed by atoms with E-state index in [0.29, 0.717) is 35.4 Å². The summed E-state index contributed by atoms with van der Waals surface area (Å²) in [6, 6.07) is 17.4. The molecular weight excluding hydrogens is 600 g/mol. The SMILES string of the molecule is O.O.O=C(N/N=C/c1ccccn1)c1ccncc1.O=C(N/N=C/c1ccccn1)c1ccncc1.O=C(O)CCCCC(=O)O. The molecular formula is C30H34N8O8. The third kappa shape index (κ3) is 18.3. The van der Waals surface area contributed by atoms with Crippen molar-refractivity contribution in [1.29, 1.82) is 0 Å². The van der Waals surface area contributed by atoms with Crippen molar-refractivity contribution in [2.24, 2.45) is 10.2 Å². The first-order valence-electron chi connectivity index (χ1n) is 13.1. The van der Waals surface area contributed by atoms with E-state index < -0.39 is 11.9 Å². The van der Waals surface area contributed by atoms with Crippen LogP contribution in [-0.4, -0.2) is 77.3 Å². The predicted octanol–water partition coefficient (Wildman–Crippen LogP) is 1.55. The number of amides is 2. The topological polar surface area (TPSA) is 272 Å². The van der Waals surface area contributed by atoms with Gasteiger partial charge < -0.3 is 21.2 Å². The first kappa shape index (κ1) is 39.7. The Morgan fingerprint density at radius 2 is 0.957 bits per heavy atom. The summed E-state index contributed by atoms with van der Waals surface area (Å²) in [7, 11) is 0. The molecule has 4 rings (SSSR count). The Bertz CT molecular complexity index is 1380. The van der Waals surface area contributed by atoms with Gasteiger partial charge in [0, 0.05) is 61.1 Å². The third-order valence-corrected chi connectivity index (χ3v) is 5.02. The molecule has 0 spiro atoms. The van der Waals surface area contributed by atoms with E-state index in [4.69, 9.17) is 10.2 Å². The lowest BCUT2D eigenvalue weighted by Crippen LogP contribution is -2.17. The summed E-state index contributed by atoms with van der Waals surface area (Å²) in [4.78, 5) is 58.6. The quantitative estimate of drug-likeness (QED) is 0.105. The standard InChI is InChI=1S/2C12H10N4O.C6H10O4.2H2O/c2*17-12(10-4-7-13-8-5-10)16-15-9-11-3-1-2-6-14-11;7-5(8)3-1-2-4-6(9)10;;/h2*1-9H,(H,16,17);1-4H2,(H,7,8)(H,9,10);2*1H2/b2*15-9+;;;. The molecule has 4 aromatic heterocycles. The average molecular weight is 635 g/mol. The lowest BCUT2D eigenvalue weighted by atomic mass is 10.2. The van der Waals surface area contributed by atoms with Crippen LogP contribution in [0.25, 0.3) is 0 Å². The van der Waals surface area contributed by atoms with Gasteiger partial charge in [0.2, 0.25) is 0 Å². The molecule has 0 aromatic carbocycles. The highest BCUT2D eigenvalue weighted by atomic mass is 16.4. The molecule has 0 fully saturated rings. The fraction of sp³-hybridized carbons (Fsp3) is 0.133. The number of aliphatic carboxylic acids is 2. The molecule has 0 saturated heterocycles. The maximum absolute atomic E-state index is 11.6. The second kappa shape index (κ2) is 24.2. The second-order valence-corrected chi connectivity index (χ2v) is 8.37. The van der Waals surface area contributed by atoms with Crippen molar-refractivity contribution in [2.45, 2.75) is 25.7 Å². The molecule has 0 saturated carbocycles. The molecule has 0 unspecified atom stereocenters. The number of aromatic nitrogens is 4. The summed E-state index contributed by atoms with van der Waals surface area (Å²) in [5, 5.41) is 23.9. The molecule has 242 valence electrons. The Morgan fingerprint density at radius 1 is 0.587 bits per heavy atom. The second-order valence-electron chi connectivity index (χ2n) is 8.37. The van der Waals surface area contributed by atoms with Crippen LogP contribution in [0.2, 0.25) is 0 Å². The molecule has 0 aliphatic carbocycles. The molecule has 0 radical (unpaired) electrons. The van der Waals surface area contributed by atoms with Crippen LogP contribution in [0, 0.1) is 0 Å². The summed E-state index contributed by atoms with van der Waals surface area (Å²) in [5.41, 5.74) is 7.21. The number of hydrogen-bond acceptors (Lipinski definition) is 10. The van der Waals surface area contributed by atoms with Gasteiger partial charge in [-0.3, -0.25) is 39.1 Å². The number of carbonyl (C=O) groups is 4. The number of pyridine rings is 4. The van der Waals surface area contributed by atoms with Crippen LogP contribution in [-0.2, 0) is 9.59 Å². The summed E-state index contributed by atoms with van der Waals surface area (Å²) in [6.45, 7) is 0. The first-order chi connectivity index (χ1) is 21.3. The molecule has 16 nitrogen and oxygen atoms in total. The van der Waals surface area contributed by atoms with E-state index in [2.05, 4.69) is 41.0 Å². The van der Waals surface area contributed by atoms with Gasteiger partial charge in [-0.05, 0) is 61.4 Å². The minimum Gasteiger partial charge on any atom is -0.481 e. The van der Waals surface area contributed by atoms with Crippen LogP contribution >= 0.6 is 0 Å². The predicted molar refractivity (Wildman–Crippen MR) is 168 cm³/mol. The normalized spacial score (nSPS) is 9.65. The number of hydrogen-bond donors (Lipinski definition) is 4. The maximum atomic E-state index is 11.6. The van der Waals surface area contributed by atoms with E-state index >= 15 is 0 Å². The highest BCUT2D eigenvalue weighted by molar-refractivity contribution is 5.95. The van der Waals surface area contributed by atoms with Gasteiger partial charge in [0.15, 0.2) is 0 Å². The zero-order valence-electron chi connectivity index (χ0n) is 24.4. The Kier molecular flexibility index (Phi) is 20.9. The van der Waals surface area contributed by atoms with Crippen molar-refractivity contribution in [3.8, 4) is 0 Å². The molecule has 8 N–H and O–H groups in total. The van der Waals surface area contributed by atoms with Gasteiger partial charge in [-0.2, -0.15) is 10.2 Å². The molecule has 0 aliphatic heterocycles. The minimum absolute atomic E-state index is 0. The monoisotopic (exact) mass is 634 g/mol. The third-order valence-electron chi connectivity index (χ3n) is 5.02. The van der Waals surface area contributed by atoms with E-state index in [1.165, 1.54) is 12.4 Å². The Balaban J connectivity index is 0.000000671. The number of rotatable bonds is 11. The Morgan fingerprint density at radius 3 is 1.26 bits per heavy atom. The summed E-state index contributed by atoms with van der Waals surface area (Å²) >= 11 is 0. The molecule has 4 heterocycles. The van der Waals surface area contributed by atoms with Gasteiger partial charge in [0.25, 0.3) is 11.8 Å². The summed E-state index contributed by atoms with van der Waals surface area (Å²) in [5.74, 6) is -2.30. The van der Waals surface area contributed by atoms with Crippen molar-refractivity contribution >= 4 is 36.2 Å². The van der Waals surface area contributed by atoms with Crippen LogP contribution in [0.4, 0.5) is 0 Å². The number of carboxylic acids is 2. The van der Waals surface area contributed by atoms with E-state index in [0.717, 1.165) is 0 Å². The summed E-state index contributed by atoms with van der Waals surface area (Å²) in [6.07, 6.45) is 13.5. The van der Waals surface area contributed by atoms with E-state index in [9.17, 15) is 19.2 Å². The van der Waals surface area contributed by atoms with Crippen LogP contribution in [0.3, 0.4) is 0 Å². The fourth-order valence-corrected chi connectivity index (χ4v) is 2.91.